The number of para-hydroxylation sites is 1. The van der Waals surface area contributed by atoms with E-state index < -0.39 is 23.9 Å². The Morgan fingerprint density at radius 1 is 0.447 bits per heavy atom. The molecule has 0 amide bonds. The predicted molar refractivity (Wildman–Crippen MR) is 195 cm³/mol. The molecule has 2 atom stereocenters. The molecular formula is C36H61NO8P2. The van der Waals surface area contributed by atoms with Crippen molar-refractivity contribution in [2.45, 2.75) is 165 Å². The number of nitrogens with zero attached hydrogens (tertiary/aromatic N) is 1. The predicted octanol–water partition coefficient (Wildman–Crippen LogP) is 9.34. The van der Waals surface area contributed by atoms with Crippen molar-refractivity contribution in [3.63, 3.8) is 0 Å². The van der Waals surface area contributed by atoms with Gasteiger partial charge in [-0.1, -0.05) is 95.2 Å². The molecule has 0 saturated carbocycles. The van der Waals surface area contributed by atoms with Crippen molar-refractivity contribution >= 4 is 48.0 Å². The highest BCUT2D eigenvalue weighted by Gasteiger charge is 2.42. The van der Waals surface area contributed by atoms with Crippen molar-refractivity contribution in [2.75, 3.05) is 4.90 Å². The second kappa shape index (κ2) is 24.8. The minimum Gasteiger partial charge on any atom is -0.481 e. The number of rotatable bonds is 31. The summed E-state index contributed by atoms with van der Waals surface area (Å²) in [6.07, 6.45) is 18.1. The lowest BCUT2D eigenvalue weighted by molar-refractivity contribution is -0.138. The SMILES string of the molecule is O=C(O)CCCCCCC(P)(CCCCCCC(=O)O)N(c1ccccc1)C(P)(CCCCCCC(=O)O)CCCCCCC(=O)O. The lowest BCUT2D eigenvalue weighted by atomic mass is 9.91. The van der Waals surface area contributed by atoms with Gasteiger partial charge in [-0.05, 0) is 63.5 Å². The van der Waals surface area contributed by atoms with Crippen LogP contribution in [-0.4, -0.2) is 54.9 Å². The summed E-state index contributed by atoms with van der Waals surface area (Å²) in [6, 6.07) is 10.5. The van der Waals surface area contributed by atoms with Gasteiger partial charge in [0.1, 0.15) is 0 Å². The normalized spacial score (nSPS) is 11.8. The number of carboxylic acid groups (broad SMARTS) is 4. The van der Waals surface area contributed by atoms with Gasteiger partial charge < -0.3 is 25.3 Å². The van der Waals surface area contributed by atoms with Crippen LogP contribution in [0.3, 0.4) is 0 Å². The third kappa shape index (κ3) is 20.0. The van der Waals surface area contributed by atoms with Crippen molar-refractivity contribution in [3.05, 3.63) is 30.3 Å². The zero-order valence-corrected chi connectivity index (χ0v) is 30.7. The fraction of sp³-hybridized carbons (Fsp3) is 0.722. The summed E-state index contributed by atoms with van der Waals surface area (Å²) in [5, 5.41) is 35.7. The molecule has 0 spiro atoms. The fourth-order valence-electron chi connectivity index (χ4n) is 6.48. The summed E-state index contributed by atoms with van der Waals surface area (Å²) in [5.41, 5.74) is 1.13. The van der Waals surface area contributed by atoms with Crippen LogP contribution < -0.4 is 4.90 Å². The number of carboxylic acids is 4. The molecule has 0 fully saturated rings. The highest BCUT2D eigenvalue weighted by atomic mass is 31.0. The Morgan fingerprint density at radius 3 is 0.957 bits per heavy atom. The van der Waals surface area contributed by atoms with E-state index in [2.05, 4.69) is 47.6 Å². The molecule has 1 aromatic carbocycles. The molecule has 0 aliphatic rings. The molecule has 1 rings (SSSR count). The maximum absolute atomic E-state index is 11.0. The molecule has 0 bridgehead atoms. The van der Waals surface area contributed by atoms with Crippen LogP contribution in [0.5, 0.6) is 0 Å². The number of aliphatic carboxylic acids is 4. The zero-order chi connectivity index (χ0) is 35.0. The van der Waals surface area contributed by atoms with E-state index in [0.717, 1.165) is 108 Å². The second-order valence-electron chi connectivity index (χ2n) is 13.1. The Morgan fingerprint density at radius 2 is 0.702 bits per heavy atom. The van der Waals surface area contributed by atoms with E-state index in [1.165, 1.54) is 0 Å². The standard InChI is InChI=1S/C36H61NO8P2/c38-31(39)22-12-1-5-16-26-35(46,27-17-6-2-13-23-32(40)41)37(30-20-10-9-11-21-30)36(47,28-18-7-3-14-24-33(42)43)29-19-8-4-15-25-34(44)45/h9-11,20-21H,1-8,12-19,22-29,46-47H2,(H,38,39)(H,40,41)(H,42,43)(H,44,45). The first-order valence-electron chi connectivity index (χ1n) is 17.7. The second-order valence-corrected chi connectivity index (χ2v) is 15.3. The average Bonchev–Trinajstić information content (AvgIpc) is 3.00. The van der Waals surface area contributed by atoms with Gasteiger partial charge in [0.25, 0.3) is 0 Å². The first-order chi connectivity index (χ1) is 22.4. The van der Waals surface area contributed by atoms with Crippen LogP contribution in [-0.2, 0) is 19.2 Å². The zero-order valence-electron chi connectivity index (χ0n) is 28.4. The summed E-state index contributed by atoms with van der Waals surface area (Å²) in [5.74, 6) is -3.05. The molecule has 0 aromatic heterocycles. The van der Waals surface area contributed by atoms with E-state index in [-0.39, 0.29) is 36.2 Å². The van der Waals surface area contributed by atoms with E-state index in [1.807, 2.05) is 6.07 Å². The van der Waals surface area contributed by atoms with E-state index in [1.54, 1.807) is 0 Å². The van der Waals surface area contributed by atoms with Crippen molar-refractivity contribution in [2.24, 2.45) is 0 Å². The molecule has 0 radical (unpaired) electrons. The van der Waals surface area contributed by atoms with Crippen LogP contribution in [0.4, 0.5) is 5.69 Å². The Kier molecular flexibility index (Phi) is 22.6. The minimum absolute atomic E-state index is 0.187. The molecule has 0 aliphatic heterocycles. The van der Waals surface area contributed by atoms with Crippen LogP contribution in [0.2, 0.25) is 0 Å². The first-order valence-corrected chi connectivity index (χ1v) is 18.9. The molecule has 47 heavy (non-hydrogen) atoms. The average molecular weight is 698 g/mol. The summed E-state index contributed by atoms with van der Waals surface area (Å²) >= 11 is 0. The summed E-state index contributed by atoms with van der Waals surface area (Å²) in [7, 11) is 6.44. The highest BCUT2D eigenvalue weighted by molar-refractivity contribution is 7.21. The summed E-state index contributed by atoms with van der Waals surface area (Å²) in [6.45, 7) is 0. The number of hydrogen-bond acceptors (Lipinski definition) is 5. The van der Waals surface area contributed by atoms with Crippen LogP contribution in [0.25, 0.3) is 0 Å². The number of benzene rings is 1. The highest BCUT2D eigenvalue weighted by Crippen LogP contribution is 2.49. The number of hydrogen-bond donors (Lipinski definition) is 4. The third-order valence-electron chi connectivity index (χ3n) is 8.91. The van der Waals surface area contributed by atoms with Gasteiger partial charge in [0.05, 0.1) is 10.6 Å². The third-order valence-corrected chi connectivity index (χ3v) is 10.6. The number of carbonyl (C=O) groups is 4. The van der Waals surface area contributed by atoms with Crippen molar-refractivity contribution < 1.29 is 39.6 Å². The van der Waals surface area contributed by atoms with Gasteiger partial charge in [0, 0.05) is 31.4 Å². The van der Waals surface area contributed by atoms with Gasteiger partial charge >= 0.3 is 23.9 Å². The van der Waals surface area contributed by atoms with Crippen LogP contribution in [0.15, 0.2) is 30.3 Å². The molecule has 0 aliphatic carbocycles. The van der Waals surface area contributed by atoms with Crippen molar-refractivity contribution in [3.8, 4) is 0 Å². The molecular weight excluding hydrogens is 636 g/mol. The van der Waals surface area contributed by atoms with Crippen LogP contribution in [0, 0.1) is 0 Å². The van der Waals surface area contributed by atoms with E-state index in [0.29, 0.717) is 25.7 Å². The quantitative estimate of drug-likeness (QED) is 0.0439. The molecule has 9 nitrogen and oxygen atoms in total. The maximum Gasteiger partial charge on any atom is 0.303 e. The summed E-state index contributed by atoms with van der Waals surface area (Å²) in [4.78, 5) is 46.7. The smallest absolute Gasteiger partial charge is 0.303 e. The molecule has 11 heteroatoms. The van der Waals surface area contributed by atoms with E-state index in [4.69, 9.17) is 20.4 Å². The molecule has 0 saturated heterocycles. The largest absolute Gasteiger partial charge is 0.481 e. The number of unbranched alkanes of at least 4 members (excludes halogenated alkanes) is 12. The summed E-state index contributed by atoms with van der Waals surface area (Å²) < 4.78 is 0. The van der Waals surface area contributed by atoms with Gasteiger partial charge in [-0.2, -0.15) is 0 Å². The molecule has 2 unspecified atom stereocenters. The lowest BCUT2D eigenvalue weighted by Crippen LogP contribution is -2.55. The molecule has 0 heterocycles. The fourth-order valence-corrected chi connectivity index (χ4v) is 8.25. The van der Waals surface area contributed by atoms with Gasteiger partial charge in [0.15, 0.2) is 0 Å². The molecule has 1 aromatic rings. The van der Waals surface area contributed by atoms with Gasteiger partial charge in [-0.25, -0.2) is 0 Å². The number of anilines is 1. The van der Waals surface area contributed by atoms with Crippen molar-refractivity contribution in [1.82, 2.24) is 0 Å². The van der Waals surface area contributed by atoms with Crippen molar-refractivity contribution in [1.29, 1.82) is 0 Å². The van der Waals surface area contributed by atoms with E-state index >= 15 is 0 Å². The Labute approximate surface area is 287 Å². The maximum atomic E-state index is 11.0. The molecule has 4 N–H and O–H groups in total. The van der Waals surface area contributed by atoms with Gasteiger partial charge in [0.2, 0.25) is 0 Å². The Bertz CT molecular complexity index is 925. The lowest BCUT2D eigenvalue weighted by Gasteiger charge is -2.54. The van der Waals surface area contributed by atoms with E-state index in [9.17, 15) is 19.2 Å². The topological polar surface area (TPSA) is 152 Å². The van der Waals surface area contributed by atoms with Gasteiger partial charge in [-0.3, -0.25) is 19.2 Å². The monoisotopic (exact) mass is 697 g/mol. The van der Waals surface area contributed by atoms with Gasteiger partial charge in [-0.15, -0.1) is 18.5 Å². The van der Waals surface area contributed by atoms with Crippen LogP contribution in [0.1, 0.15) is 154 Å². The van der Waals surface area contributed by atoms with Crippen LogP contribution >= 0.6 is 18.5 Å². The Balaban J connectivity index is 3.29. The first kappa shape index (κ1) is 42.8. The molecule has 268 valence electrons. The Hall–Kier alpha value is -2.24. The minimum atomic E-state index is -0.762.